The summed E-state index contributed by atoms with van der Waals surface area (Å²) in [6.07, 6.45) is 1.07. The van der Waals surface area contributed by atoms with Gasteiger partial charge in [-0.3, -0.25) is 9.59 Å². The molecule has 2 aromatic carbocycles. The molecule has 9 heteroatoms. The first-order chi connectivity index (χ1) is 17.1. The fourth-order valence-electron chi connectivity index (χ4n) is 4.58. The number of thioether (sulfide) groups is 1. The Kier molecular flexibility index (Phi) is 7.70. The molecule has 0 saturated carbocycles. The normalized spacial score (nSPS) is 18.8. The third-order valence-corrected chi connectivity index (χ3v) is 7.52. The molecular formula is C27H25Cl2N3O3S. The number of carbonyl (C=O) groups is 2. The Morgan fingerprint density at radius 3 is 2.47 bits per heavy atom. The molecule has 0 bridgehead atoms. The lowest BCUT2D eigenvalue weighted by Gasteiger charge is -2.39. The van der Waals surface area contributed by atoms with E-state index in [9.17, 15) is 14.9 Å². The molecule has 2 aromatic rings. The number of rotatable bonds is 6. The Morgan fingerprint density at radius 1 is 1.19 bits per heavy atom. The zero-order chi connectivity index (χ0) is 26.0. The van der Waals surface area contributed by atoms with Crippen LogP contribution in [0.25, 0.3) is 0 Å². The van der Waals surface area contributed by atoms with Crippen LogP contribution in [0.15, 0.2) is 64.3 Å². The van der Waals surface area contributed by atoms with Crippen LogP contribution in [0.4, 0.5) is 5.69 Å². The molecule has 4 rings (SSSR count). The smallest absolute Gasteiger partial charge is 0.234 e. The topological polar surface area (TPSA) is 91.2 Å². The molecule has 1 aliphatic carbocycles. The Morgan fingerprint density at radius 2 is 1.86 bits per heavy atom. The van der Waals surface area contributed by atoms with Gasteiger partial charge in [-0.2, -0.15) is 5.26 Å². The van der Waals surface area contributed by atoms with E-state index in [-0.39, 0.29) is 22.9 Å². The van der Waals surface area contributed by atoms with Gasteiger partial charge < -0.3 is 15.4 Å². The molecule has 1 atom stereocenters. The van der Waals surface area contributed by atoms with Crippen molar-refractivity contribution in [2.45, 2.75) is 32.6 Å². The molecule has 0 radical (unpaired) electrons. The number of ketones is 1. The van der Waals surface area contributed by atoms with Crippen molar-refractivity contribution in [2.24, 2.45) is 5.41 Å². The third-order valence-electron chi connectivity index (χ3n) is 6.07. The van der Waals surface area contributed by atoms with E-state index >= 15 is 0 Å². The van der Waals surface area contributed by atoms with Crippen LogP contribution in [0, 0.1) is 16.7 Å². The number of Topliss-reactive ketones (excluding diaryl/α,β-unsaturated/α-hetero) is 1. The van der Waals surface area contributed by atoms with E-state index in [2.05, 4.69) is 30.6 Å². The lowest BCUT2D eigenvalue weighted by Crippen LogP contribution is -2.37. The summed E-state index contributed by atoms with van der Waals surface area (Å²) in [5.41, 5.74) is 2.95. The van der Waals surface area contributed by atoms with E-state index in [1.807, 2.05) is 24.3 Å². The lowest BCUT2D eigenvalue weighted by atomic mass is 9.69. The summed E-state index contributed by atoms with van der Waals surface area (Å²) < 4.78 is 5.28. The van der Waals surface area contributed by atoms with E-state index in [0.717, 1.165) is 11.3 Å². The second kappa shape index (κ2) is 10.6. The van der Waals surface area contributed by atoms with Crippen molar-refractivity contribution in [3.8, 4) is 11.8 Å². The minimum absolute atomic E-state index is 0.0296. The Balaban J connectivity index is 1.65. The quantitative estimate of drug-likeness (QED) is 0.437. The lowest BCUT2D eigenvalue weighted by molar-refractivity contribution is -0.118. The monoisotopic (exact) mass is 541 g/mol. The fraction of sp³-hybridized carbons (Fsp3) is 0.296. The first-order valence-corrected chi connectivity index (χ1v) is 13.0. The standard InChI is InChI=1S/C27H25Cl2N3O3S/c1-27(2)11-21-25(22(33)12-27)24(15-4-6-19(35-3)7-5-15)20(13-30)26(32-21)36-14-23(34)31-18-9-16(28)8-17(29)10-18/h4-10,24,32H,11-12,14H2,1-3H3,(H,31,34)/t24-/m1/s1. The number of anilines is 1. The number of halogens is 2. The second-order valence-electron chi connectivity index (χ2n) is 9.51. The Bertz CT molecular complexity index is 1310. The molecule has 0 aromatic heterocycles. The highest BCUT2D eigenvalue weighted by Gasteiger charge is 2.42. The van der Waals surface area contributed by atoms with Crippen molar-refractivity contribution in [1.29, 1.82) is 5.26 Å². The molecule has 1 aliphatic heterocycles. The van der Waals surface area contributed by atoms with E-state index in [1.54, 1.807) is 25.3 Å². The number of methoxy groups -OCH3 is 1. The number of amides is 1. The maximum atomic E-state index is 13.3. The molecular weight excluding hydrogens is 517 g/mol. The van der Waals surface area contributed by atoms with Crippen LogP contribution in [0.1, 0.15) is 38.2 Å². The summed E-state index contributed by atoms with van der Waals surface area (Å²) in [6.45, 7) is 4.11. The molecule has 0 fully saturated rings. The van der Waals surface area contributed by atoms with E-state index in [0.29, 0.717) is 50.5 Å². The zero-order valence-electron chi connectivity index (χ0n) is 20.1. The summed E-state index contributed by atoms with van der Waals surface area (Å²) in [5, 5.41) is 17.7. The van der Waals surface area contributed by atoms with Gasteiger partial charge in [0.15, 0.2) is 5.78 Å². The van der Waals surface area contributed by atoms with Crippen molar-refractivity contribution in [1.82, 2.24) is 5.32 Å². The SMILES string of the molecule is COc1ccc([C@@H]2C(C#N)=C(SCC(=O)Nc3cc(Cl)cc(Cl)c3)NC3=C2C(=O)CC(C)(C)C3)cc1. The maximum Gasteiger partial charge on any atom is 0.234 e. The summed E-state index contributed by atoms with van der Waals surface area (Å²) in [4.78, 5) is 26.0. The van der Waals surface area contributed by atoms with Crippen LogP contribution in [-0.2, 0) is 9.59 Å². The summed E-state index contributed by atoms with van der Waals surface area (Å²) >= 11 is 13.3. The first kappa shape index (κ1) is 26.2. The van der Waals surface area contributed by atoms with Gasteiger partial charge in [0.1, 0.15) is 5.75 Å². The number of nitriles is 1. The average molecular weight is 542 g/mol. The molecule has 6 nitrogen and oxygen atoms in total. The third kappa shape index (κ3) is 5.73. The summed E-state index contributed by atoms with van der Waals surface area (Å²) in [5.74, 6) is -0.0222. The van der Waals surface area contributed by atoms with Gasteiger partial charge in [0.25, 0.3) is 0 Å². The summed E-state index contributed by atoms with van der Waals surface area (Å²) in [6, 6.07) is 14.5. The number of benzene rings is 2. The minimum Gasteiger partial charge on any atom is -0.497 e. The van der Waals surface area contributed by atoms with Gasteiger partial charge in [-0.05, 0) is 47.7 Å². The molecule has 1 heterocycles. The van der Waals surface area contributed by atoms with Gasteiger partial charge in [-0.25, -0.2) is 0 Å². The first-order valence-electron chi connectivity index (χ1n) is 11.3. The number of nitrogens with one attached hydrogen (secondary N) is 2. The Hall–Kier alpha value is -2.92. The molecule has 186 valence electrons. The predicted molar refractivity (Wildman–Crippen MR) is 144 cm³/mol. The van der Waals surface area contributed by atoms with Gasteiger partial charge in [0.2, 0.25) is 5.91 Å². The van der Waals surface area contributed by atoms with Crippen molar-refractivity contribution < 1.29 is 14.3 Å². The molecule has 36 heavy (non-hydrogen) atoms. The van der Waals surface area contributed by atoms with E-state index in [4.69, 9.17) is 27.9 Å². The number of dihydropyridines is 1. The van der Waals surface area contributed by atoms with Crippen molar-refractivity contribution >= 4 is 52.3 Å². The summed E-state index contributed by atoms with van der Waals surface area (Å²) in [7, 11) is 1.59. The molecule has 0 spiro atoms. The molecule has 0 unspecified atom stereocenters. The fourth-order valence-corrected chi connectivity index (χ4v) is 5.97. The number of hydrogen-bond donors (Lipinski definition) is 2. The number of carbonyl (C=O) groups excluding carboxylic acids is 2. The van der Waals surface area contributed by atoms with Gasteiger partial charge in [0, 0.05) is 33.4 Å². The van der Waals surface area contributed by atoms with E-state index < -0.39 is 5.92 Å². The van der Waals surface area contributed by atoms with Gasteiger partial charge in [0.05, 0.1) is 35.5 Å². The van der Waals surface area contributed by atoms with Crippen LogP contribution in [-0.4, -0.2) is 24.6 Å². The van der Waals surface area contributed by atoms with Crippen LogP contribution in [0.5, 0.6) is 5.75 Å². The number of ether oxygens (including phenoxy) is 1. The number of allylic oxidation sites excluding steroid dienone is 3. The molecule has 1 amide bonds. The Labute approximate surface area is 224 Å². The van der Waals surface area contributed by atoms with Crippen LogP contribution >= 0.6 is 35.0 Å². The van der Waals surface area contributed by atoms with E-state index in [1.165, 1.54) is 11.8 Å². The highest BCUT2D eigenvalue weighted by Crippen LogP contribution is 2.48. The van der Waals surface area contributed by atoms with Crippen molar-refractivity contribution in [2.75, 3.05) is 18.2 Å². The molecule has 2 N–H and O–H groups in total. The molecule has 0 saturated heterocycles. The van der Waals surface area contributed by atoms with Gasteiger partial charge in [-0.1, -0.05) is 60.9 Å². The van der Waals surface area contributed by atoms with Crippen LogP contribution in [0.2, 0.25) is 10.0 Å². The van der Waals surface area contributed by atoms with Crippen LogP contribution in [0.3, 0.4) is 0 Å². The second-order valence-corrected chi connectivity index (χ2v) is 11.4. The zero-order valence-corrected chi connectivity index (χ0v) is 22.4. The van der Waals surface area contributed by atoms with Gasteiger partial charge in [-0.15, -0.1) is 0 Å². The minimum atomic E-state index is -0.516. The molecule has 2 aliphatic rings. The van der Waals surface area contributed by atoms with Crippen LogP contribution < -0.4 is 15.4 Å². The highest BCUT2D eigenvalue weighted by molar-refractivity contribution is 8.03. The van der Waals surface area contributed by atoms with Gasteiger partial charge >= 0.3 is 0 Å². The largest absolute Gasteiger partial charge is 0.497 e. The highest BCUT2D eigenvalue weighted by atomic mass is 35.5. The number of nitrogens with zero attached hydrogens (tertiary/aromatic N) is 1. The van der Waals surface area contributed by atoms with Crippen molar-refractivity contribution in [3.63, 3.8) is 0 Å². The predicted octanol–water partition coefficient (Wildman–Crippen LogP) is 6.44. The maximum absolute atomic E-state index is 13.3. The number of hydrogen-bond acceptors (Lipinski definition) is 6. The van der Waals surface area contributed by atoms with Crippen molar-refractivity contribution in [3.05, 3.63) is 79.9 Å². The average Bonchev–Trinajstić information content (AvgIpc) is 2.80.